The summed E-state index contributed by atoms with van der Waals surface area (Å²) in [6, 6.07) is 0.551. The number of rotatable bonds is 7. The molecule has 110 valence electrons. The largest absolute Gasteiger partial charge is 0.313 e. The van der Waals surface area contributed by atoms with E-state index in [1.807, 2.05) is 0 Å². The van der Waals surface area contributed by atoms with Crippen molar-refractivity contribution in [2.75, 3.05) is 12.3 Å². The maximum absolute atomic E-state index is 4.71. The van der Waals surface area contributed by atoms with Gasteiger partial charge in [0.25, 0.3) is 0 Å². The van der Waals surface area contributed by atoms with E-state index in [0.717, 1.165) is 23.2 Å². The van der Waals surface area contributed by atoms with Crippen LogP contribution in [0.25, 0.3) is 4.96 Å². The average molecular weight is 310 g/mol. The third-order valence-corrected chi connectivity index (χ3v) is 6.24. The van der Waals surface area contributed by atoms with Gasteiger partial charge in [-0.2, -0.15) is 11.8 Å². The van der Waals surface area contributed by atoms with Crippen LogP contribution >= 0.6 is 23.1 Å². The van der Waals surface area contributed by atoms with Gasteiger partial charge < -0.3 is 5.32 Å². The molecule has 2 aromatic heterocycles. The Bertz CT molecular complexity index is 499. The lowest BCUT2D eigenvalue weighted by Gasteiger charge is -2.18. The van der Waals surface area contributed by atoms with Gasteiger partial charge in [0.2, 0.25) is 0 Å². The minimum atomic E-state index is 0.551. The van der Waals surface area contributed by atoms with Gasteiger partial charge in [-0.3, -0.25) is 4.40 Å². The summed E-state index contributed by atoms with van der Waals surface area (Å²) < 4.78 is 2.13. The monoisotopic (exact) mass is 309 g/mol. The third-order valence-electron chi connectivity index (χ3n) is 3.93. The molecule has 5 heteroatoms. The zero-order chi connectivity index (χ0) is 13.8. The molecule has 0 bridgehead atoms. The van der Waals surface area contributed by atoms with Crippen molar-refractivity contribution in [1.29, 1.82) is 0 Å². The first kappa shape index (κ1) is 14.4. The molecule has 1 unspecified atom stereocenters. The van der Waals surface area contributed by atoms with Crippen molar-refractivity contribution in [3.05, 3.63) is 23.5 Å². The molecule has 3 rings (SSSR count). The Morgan fingerprint density at radius 3 is 3.10 bits per heavy atom. The van der Waals surface area contributed by atoms with Crippen LogP contribution in [0.5, 0.6) is 0 Å². The summed E-state index contributed by atoms with van der Waals surface area (Å²) in [4.78, 5) is 5.82. The van der Waals surface area contributed by atoms with Gasteiger partial charge in [0, 0.05) is 41.2 Å². The van der Waals surface area contributed by atoms with E-state index in [9.17, 15) is 0 Å². The van der Waals surface area contributed by atoms with Crippen LogP contribution in [-0.2, 0) is 6.42 Å². The molecular formula is C15H23N3S2. The van der Waals surface area contributed by atoms with Crippen molar-refractivity contribution in [3.63, 3.8) is 0 Å². The fraction of sp³-hybridized carbons (Fsp3) is 0.667. The smallest absolute Gasteiger partial charge is 0.193 e. The topological polar surface area (TPSA) is 29.3 Å². The summed E-state index contributed by atoms with van der Waals surface area (Å²) in [5.41, 5.74) is 1.22. The van der Waals surface area contributed by atoms with Crippen molar-refractivity contribution in [1.82, 2.24) is 14.7 Å². The Balaban J connectivity index is 1.56. The molecule has 0 aromatic carbocycles. The molecule has 1 aliphatic rings. The molecule has 1 aliphatic carbocycles. The molecule has 0 amide bonds. The van der Waals surface area contributed by atoms with Gasteiger partial charge in [0.1, 0.15) is 0 Å². The van der Waals surface area contributed by atoms with Crippen LogP contribution in [-0.4, -0.2) is 33.0 Å². The predicted octanol–water partition coefficient (Wildman–Crippen LogP) is 3.59. The number of likely N-dealkylation sites (N-methyl/N-ethyl adjacent to an activating group) is 1. The molecule has 0 spiro atoms. The molecule has 3 nitrogen and oxygen atoms in total. The average Bonchev–Trinajstić information content (AvgIpc) is 3.12. The zero-order valence-corrected chi connectivity index (χ0v) is 13.7. The number of hydrogen-bond acceptors (Lipinski definition) is 4. The van der Waals surface area contributed by atoms with Crippen LogP contribution < -0.4 is 5.32 Å². The molecule has 1 atom stereocenters. The highest BCUT2D eigenvalue weighted by molar-refractivity contribution is 7.99. The van der Waals surface area contributed by atoms with Crippen LogP contribution in [0, 0.1) is 0 Å². The summed E-state index contributed by atoms with van der Waals surface area (Å²) in [6.07, 6.45) is 11.0. The molecule has 2 aromatic rings. The summed E-state index contributed by atoms with van der Waals surface area (Å²) in [7, 11) is 0. The van der Waals surface area contributed by atoms with Crippen LogP contribution in [0.3, 0.4) is 0 Å². The van der Waals surface area contributed by atoms with E-state index in [4.69, 9.17) is 4.98 Å². The van der Waals surface area contributed by atoms with E-state index >= 15 is 0 Å². The molecule has 2 heterocycles. The van der Waals surface area contributed by atoms with Crippen LogP contribution in [0.15, 0.2) is 17.8 Å². The Labute approximate surface area is 129 Å². The number of fused-ring (bicyclic) bond motifs is 1. The van der Waals surface area contributed by atoms with Crippen LogP contribution in [0.2, 0.25) is 0 Å². The Kier molecular flexibility index (Phi) is 5.02. The lowest BCUT2D eigenvalue weighted by molar-refractivity contribution is 0.567. The van der Waals surface area contributed by atoms with Crippen molar-refractivity contribution in [3.8, 4) is 0 Å². The maximum Gasteiger partial charge on any atom is 0.193 e. The fourth-order valence-corrected chi connectivity index (χ4v) is 5.04. The summed E-state index contributed by atoms with van der Waals surface area (Å²) in [5, 5.41) is 6.62. The predicted molar refractivity (Wildman–Crippen MR) is 89.0 cm³/mol. The second kappa shape index (κ2) is 6.96. The quantitative estimate of drug-likeness (QED) is 0.847. The van der Waals surface area contributed by atoms with Gasteiger partial charge in [-0.1, -0.05) is 19.8 Å². The molecule has 1 saturated carbocycles. The first-order valence-electron chi connectivity index (χ1n) is 7.61. The lowest BCUT2D eigenvalue weighted by Crippen LogP contribution is -2.33. The molecule has 0 radical (unpaired) electrons. The third kappa shape index (κ3) is 3.57. The van der Waals surface area contributed by atoms with Gasteiger partial charge >= 0.3 is 0 Å². The number of thioether (sulfide) groups is 1. The molecule has 0 saturated heterocycles. The second-order valence-electron chi connectivity index (χ2n) is 5.52. The molecule has 20 heavy (non-hydrogen) atoms. The first-order valence-corrected chi connectivity index (χ1v) is 9.54. The number of thiazole rings is 1. The fourth-order valence-electron chi connectivity index (χ4n) is 2.91. The number of imidazole rings is 1. The maximum atomic E-state index is 4.71. The van der Waals surface area contributed by atoms with Gasteiger partial charge in [0.15, 0.2) is 4.96 Å². The van der Waals surface area contributed by atoms with Crippen LogP contribution in [0.4, 0.5) is 0 Å². The SMILES string of the molecule is CCNC(CSC1CCCC1)Cc1cn2ccsc2n1. The lowest BCUT2D eigenvalue weighted by atomic mass is 10.2. The number of nitrogens with zero attached hydrogens (tertiary/aromatic N) is 2. The van der Waals surface area contributed by atoms with Gasteiger partial charge in [-0.05, 0) is 19.4 Å². The van der Waals surface area contributed by atoms with E-state index in [1.54, 1.807) is 11.3 Å². The van der Waals surface area contributed by atoms with E-state index in [2.05, 4.69) is 46.2 Å². The Hall–Kier alpha value is -0.520. The molecule has 0 aliphatic heterocycles. The van der Waals surface area contributed by atoms with Crippen molar-refractivity contribution < 1.29 is 0 Å². The highest BCUT2D eigenvalue weighted by Crippen LogP contribution is 2.30. The Morgan fingerprint density at radius 1 is 1.50 bits per heavy atom. The van der Waals surface area contributed by atoms with Gasteiger partial charge in [-0.15, -0.1) is 11.3 Å². The van der Waals surface area contributed by atoms with Crippen LogP contribution in [0.1, 0.15) is 38.3 Å². The molecular weight excluding hydrogens is 286 g/mol. The zero-order valence-electron chi connectivity index (χ0n) is 12.0. The summed E-state index contributed by atoms with van der Waals surface area (Å²) in [5.74, 6) is 1.21. The molecule has 1 N–H and O–H groups in total. The van der Waals surface area contributed by atoms with Gasteiger partial charge in [0.05, 0.1) is 5.69 Å². The minimum absolute atomic E-state index is 0.551. The minimum Gasteiger partial charge on any atom is -0.313 e. The standard InChI is InChI=1S/C15H23N3S2/c1-2-16-13(11-20-14-5-3-4-6-14)9-12-10-18-7-8-19-15(18)17-12/h7-8,10,13-14,16H,2-6,9,11H2,1H3. The van der Waals surface area contributed by atoms with E-state index in [0.29, 0.717) is 6.04 Å². The highest BCUT2D eigenvalue weighted by Gasteiger charge is 2.18. The van der Waals surface area contributed by atoms with E-state index in [-0.39, 0.29) is 0 Å². The van der Waals surface area contributed by atoms with Crippen molar-refractivity contribution in [2.24, 2.45) is 0 Å². The van der Waals surface area contributed by atoms with Crippen molar-refractivity contribution in [2.45, 2.75) is 50.3 Å². The van der Waals surface area contributed by atoms with Crippen molar-refractivity contribution >= 4 is 28.1 Å². The molecule has 1 fully saturated rings. The van der Waals surface area contributed by atoms with E-state index in [1.165, 1.54) is 37.1 Å². The van der Waals surface area contributed by atoms with E-state index < -0.39 is 0 Å². The number of nitrogens with one attached hydrogen (secondary N) is 1. The summed E-state index contributed by atoms with van der Waals surface area (Å²) in [6.45, 7) is 3.23. The normalized spacial score (nSPS) is 18.1. The second-order valence-corrected chi connectivity index (χ2v) is 7.73. The summed E-state index contributed by atoms with van der Waals surface area (Å²) >= 11 is 3.87. The van der Waals surface area contributed by atoms with Gasteiger partial charge in [-0.25, -0.2) is 4.98 Å². The number of aromatic nitrogens is 2. The Morgan fingerprint density at radius 2 is 2.35 bits per heavy atom. The number of hydrogen-bond donors (Lipinski definition) is 1. The highest BCUT2D eigenvalue weighted by atomic mass is 32.2. The first-order chi connectivity index (χ1) is 9.85.